The van der Waals surface area contributed by atoms with Crippen molar-refractivity contribution in [1.82, 2.24) is 0 Å². The van der Waals surface area contributed by atoms with Crippen LogP contribution in [0.5, 0.6) is 0 Å². The largest absolute Gasteiger partial charge is 0.0920 e. The van der Waals surface area contributed by atoms with E-state index in [2.05, 4.69) is 76.5 Å². The highest BCUT2D eigenvalue weighted by Crippen LogP contribution is 2.11. The van der Waals surface area contributed by atoms with E-state index in [1.54, 1.807) is 0 Å². The third-order valence-corrected chi connectivity index (χ3v) is 4.35. The summed E-state index contributed by atoms with van der Waals surface area (Å²) in [6, 6.07) is 8.71. The maximum atomic E-state index is 3.28. The molecule has 0 fully saturated rings. The van der Waals surface area contributed by atoms with E-state index in [0.717, 1.165) is 5.56 Å². The topological polar surface area (TPSA) is 0 Å². The van der Waals surface area contributed by atoms with Crippen LogP contribution >= 0.6 is 0 Å². The maximum absolute atomic E-state index is 3.28. The summed E-state index contributed by atoms with van der Waals surface area (Å²) in [6.45, 7) is 13.5. The van der Waals surface area contributed by atoms with Gasteiger partial charge in [-0.1, -0.05) is 48.8 Å². The highest BCUT2D eigenvalue weighted by molar-refractivity contribution is 6.88. The third kappa shape index (κ3) is 4.24. The van der Waals surface area contributed by atoms with Crippen LogP contribution in [0.15, 0.2) is 24.3 Å². The standard InChI is InChI=1S/C15H22Si/c1-15(2,3)11-10-13-8-7-9-14(12-13)16(4,5)6/h7-9,12H,1-6H3. The molecule has 0 radical (unpaired) electrons. The smallest absolute Gasteiger partial charge is 0.0776 e. The summed E-state index contributed by atoms with van der Waals surface area (Å²) in [7, 11) is -1.21. The van der Waals surface area contributed by atoms with E-state index in [4.69, 9.17) is 0 Å². The van der Waals surface area contributed by atoms with Gasteiger partial charge in [-0.3, -0.25) is 0 Å². The molecule has 0 aliphatic rings. The predicted molar refractivity (Wildman–Crippen MR) is 75.8 cm³/mol. The van der Waals surface area contributed by atoms with Gasteiger partial charge < -0.3 is 0 Å². The van der Waals surface area contributed by atoms with Crippen LogP contribution in [0.4, 0.5) is 0 Å². The summed E-state index contributed by atoms with van der Waals surface area (Å²) in [5.74, 6) is 6.55. The molecule has 0 unspecified atom stereocenters. The zero-order valence-electron chi connectivity index (χ0n) is 11.3. The van der Waals surface area contributed by atoms with Crippen LogP contribution in [0, 0.1) is 17.3 Å². The van der Waals surface area contributed by atoms with Crippen molar-refractivity contribution in [3.05, 3.63) is 29.8 Å². The molecule has 0 aromatic heterocycles. The molecule has 1 heteroatoms. The van der Waals surface area contributed by atoms with Crippen molar-refractivity contribution in [3.63, 3.8) is 0 Å². The van der Waals surface area contributed by atoms with Gasteiger partial charge in [-0.15, -0.1) is 0 Å². The van der Waals surface area contributed by atoms with Crippen LogP contribution < -0.4 is 5.19 Å². The van der Waals surface area contributed by atoms with Crippen LogP contribution in [0.2, 0.25) is 19.6 Å². The molecule has 0 aliphatic carbocycles. The molecule has 0 amide bonds. The first-order valence-corrected chi connectivity index (χ1v) is 9.32. The van der Waals surface area contributed by atoms with E-state index in [9.17, 15) is 0 Å². The predicted octanol–water partition coefficient (Wildman–Crippen LogP) is 3.63. The first kappa shape index (κ1) is 13.1. The summed E-state index contributed by atoms with van der Waals surface area (Å²) in [6.07, 6.45) is 0. The molecule has 0 saturated heterocycles. The van der Waals surface area contributed by atoms with Crippen LogP contribution in [0.3, 0.4) is 0 Å². The minimum atomic E-state index is -1.21. The fourth-order valence-electron chi connectivity index (χ4n) is 1.32. The molecule has 1 aromatic rings. The average Bonchev–Trinajstić information content (AvgIpc) is 2.13. The normalized spacial score (nSPS) is 11.9. The summed E-state index contributed by atoms with van der Waals surface area (Å²) < 4.78 is 0. The first-order valence-electron chi connectivity index (χ1n) is 5.82. The van der Waals surface area contributed by atoms with Crippen molar-refractivity contribution >= 4 is 13.3 Å². The Bertz CT molecular complexity index is 419. The van der Waals surface area contributed by atoms with E-state index >= 15 is 0 Å². The molecular weight excluding hydrogens is 208 g/mol. The third-order valence-electron chi connectivity index (χ3n) is 2.31. The number of hydrogen-bond donors (Lipinski definition) is 0. The van der Waals surface area contributed by atoms with Crippen molar-refractivity contribution in [2.24, 2.45) is 5.41 Å². The average molecular weight is 230 g/mol. The fraction of sp³-hybridized carbons (Fsp3) is 0.467. The Balaban J connectivity index is 3.04. The van der Waals surface area contributed by atoms with Crippen molar-refractivity contribution in [2.75, 3.05) is 0 Å². The van der Waals surface area contributed by atoms with Gasteiger partial charge >= 0.3 is 0 Å². The van der Waals surface area contributed by atoms with Crippen LogP contribution in [-0.4, -0.2) is 8.07 Å². The summed E-state index contributed by atoms with van der Waals surface area (Å²) in [5, 5.41) is 1.48. The maximum Gasteiger partial charge on any atom is 0.0776 e. The number of hydrogen-bond acceptors (Lipinski definition) is 0. The fourth-order valence-corrected chi connectivity index (χ4v) is 2.51. The number of benzene rings is 1. The zero-order valence-corrected chi connectivity index (χ0v) is 12.3. The van der Waals surface area contributed by atoms with E-state index in [0.29, 0.717) is 0 Å². The van der Waals surface area contributed by atoms with Gasteiger partial charge in [0.25, 0.3) is 0 Å². The minimum absolute atomic E-state index is 0.0785. The SMILES string of the molecule is CC(C)(C)C#Cc1cccc([Si](C)(C)C)c1. The van der Waals surface area contributed by atoms with Gasteiger partial charge in [0.1, 0.15) is 0 Å². The summed E-state index contributed by atoms with van der Waals surface area (Å²) >= 11 is 0. The van der Waals surface area contributed by atoms with Gasteiger partial charge in [-0.2, -0.15) is 0 Å². The molecule has 0 aliphatic heterocycles. The van der Waals surface area contributed by atoms with Gasteiger partial charge in [0.2, 0.25) is 0 Å². The molecule has 0 bridgehead atoms. The van der Waals surface area contributed by atoms with Crippen molar-refractivity contribution in [2.45, 2.75) is 40.4 Å². The molecule has 0 atom stereocenters. The molecule has 0 nitrogen and oxygen atoms in total. The van der Waals surface area contributed by atoms with Crippen LogP contribution in [0.1, 0.15) is 26.3 Å². The molecule has 1 aromatic carbocycles. The lowest BCUT2D eigenvalue weighted by Crippen LogP contribution is -2.37. The molecule has 0 saturated carbocycles. The summed E-state index contributed by atoms with van der Waals surface area (Å²) in [4.78, 5) is 0. The Morgan fingerprint density at radius 1 is 1.06 bits per heavy atom. The Hall–Kier alpha value is -1.00. The second kappa shape index (κ2) is 4.47. The Labute approximate surface area is 101 Å². The molecule has 16 heavy (non-hydrogen) atoms. The molecule has 1 rings (SSSR count). The second-order valence-corrected chi connectivity index (χ2v) is 11.4. The lowest BCUT2D eigenvalue weighted by Gasteiger charge is -2.16. The highest BCUT2D eigenvalue weighted by Gasteiger charge is 2.15. The minimum Gasteiger partial charge on any atom is -0.0920 e. The quantitative estimate of drug-likeness (QED) is 0.510. The van der Waals surface area contributed by atoms with Crippen LogP contribution in [0.25, 0.3) is 0 Å². The first-order chi connectivity index (χ1) is 7.18. The van der Waals surface area contributed by atoms with E-state index in [1.807, 2.05) is 0 Å². The van der Waals surface area contributed by atoms with Crippen molar-refractivity contribution < 1.29 is 0 Å². The Kier molecular flexibility index (Phi) is 3.65. The number of rotatable bonds is 1. The lowest BCUT2D eigenvalue weighted by molar-refractivity contribution is 0.571. The molecule has 0 N–H and O–H groups in total. The van der Waals surface area contributed by atoms with Crippen molar-refractivity contribution in [3.8, 4) is 11.8 Å². The Morgan fingerprint density at radius 3 is 2.19 bits per heavy atom. The van der Waals surface area contributed by atoms with E-state index in [1.165, 1.54) is 5.19 Å². The molecular formula is C15H22Si. The molecule has 0 heterocycles. The van der Waals surface area contributed by atoms with Gasteiger partial charge in [-0.25, -0.2) is 0 Å². The second-order valence-electron chi connectivity index (χ2n) is 6.33. The Morgan fingerprint density at radius 2 is 1.69 bits per heavy atom. The molecule has 0 spiro atoms. The van der Waals surface area contributed by atoms with E-state index in [-0.39, 0.29) is 5.41 Å². The van der Waals surface area contributed by atoms with Gasteiger partial charge in [0, 0.05) is 11.0 Å². The van der Waals surface area contributed by atoms with Gasteiger partial charge in [0.15, 0.2) is 0 Å². The van der Waals surface area contributed by atoms with Crippen molar-refractivity contribution in [1.29, 1.82) is 0 Å². The zero-order chi connectivity index (χ0) is 12.4. The van der Waals surface area contributed by atoms with Gasteiger partial charge in [0.05, 0.1) is 8.07 Å². The van der Waals surface area contributed by atoms with Gasteiger partial charge in [-0.05, 0) is 32.9 Å². The van der Waals surface area contributed by atoms with E-state index < -0.39 is 8.07 Å². The monoisotopic (exact) mass is 230 g/mol. The highest BCUT2D eigenvalue weighted by atomic mass is 28.3. The summed E-state index contributed by atoms with van der Waals surface area (Å²) in [5.41, 5.74) is 1.23. The van der Waals surface area contributed by atoms with Crippen LogP contribution in [-0.2, 0) is 0 Å². The lowest BCUT2D eigenvalue weighted by atomic mass is 9.97. The molecule has 86 valence electrons.